The molecule has 0 bridgehead atoms. The Hall–Kier alpha value is 0.690. The van der Waals surface area contributed by atoms with Crippen LogP contribution >= 0.6 is 30.9 Å². The SMILES string of the molecule is CCC.COP(=O)(NCCCl)N(CCCl)C(C)C. The lowest BCUT2D eigenvalue weighted by atomic mass is 10.4. The van der Waals surface area contributed by atoms with E-state index in [2.05, 4.69) is 18.9 Å². The minimum Gasteiger partial charge on any atom is -0.309 e. The number of hydrogen-bond donors (Lipinski definition) is 1. The van der Waals surface area contributed by atoms with Crippen LogP contribution in [-0.4, -0.2) is 42.7 Å². The van der Waals surface area contributed by atoms with E-state index in [1.165, 1.54) is 13.5 Å². The van der Waals surface area contributed by atoms with Crippen LogP contribution in [0.4, 0.5) is 0 Å². The van der Waals surface area contributed by atoms with Crippen molar-refractivity contribution in [3.8, 4) is 0 Å². The highest BCUT2D eigenvalue weighted by molar-refractivity contribution is 7.54. The molecule has 0 aromatic rings. The molecular formula is C11H27Cl2N2O2P. The van der Waals surface area contributed by atoms with Crippen LogP contribution in [0.3, 0.4) is 0 Å². The van der Waals surface area contributed by atoms with E-state index >= 15 is 0 Å². The van der Waals surface area contributed by atoms with Gasteiger partial charge in [-0.3, -0.25) is 4.57 Å². The highest BCUT2D eigenvalue weighted by Crippen LogP contribution is 2.46. The van der Waals surface area contributed by atoms with E-state index in [9.17, 15) is 4.57 Å². The largest absolute Gasteiger partial charge is 0.343 e. The average Bonchev–Trinajstić information content (AvgIpc) is 2.33. The molecule has 0 fully saturated rings. The second kappa shape index (κ2) is 12.7. The molecule has 0 saturated heterocycles. The molecule has 0 aromatic carbocycles. The van der Waals surface area contributed by atoms with Crippen LogP contribution in [-0.2, 0) is 9.09 Å². The monoisotopic (exact) mass is 320 g/mol. The standard InChI is InChI=1S/C8H19Cl2N2O2P.C3H8/c1-8(2)12(7-5-10)15(13,14-3)11-6-4-9;1-3-2/h8H,4-7H2,1-3H3,(H,11,13);3H2,1-2H3. The molecule has 0 heterocycles. The van der Waals surface area contributed by atoms with Gasteiger partial charge >= 0.3 is 7.67 Å². The Bertz CT molecular complexity index is 231. The fourth-order valence-electron chi connectivity index (χ4n) is 1.22. The highest BCUT2D eigenvalue weighted by atomic mass is 35.5. The van der Waals surface area contributed by atoms with Crippen molar-refractivity contribution in [2.45, 2.75) is 40.2 Å². The molecular weight excluding hydrogens is 294 g/mol. The molecule has 0 aliphatic heterocycles. The number of alkyl halides is 2. The summed E-state index contributed by atoms with van der Waals surface area (Å²) in [5, 5.41) is 2.83. The van der Waals surface area contributed by atoms with Crippen LogP contribution in [0.5, 0.6) is 0 Å². The van der Waals surface area contributed by atoms with Crippen LogP contribution in [0.1, 0.15) is 34.1 Å². The third-order valence-electron chi connectivity index (χ3n) is 1.90. The van der Waals surface area contributed by atoms with Crippen LogP contribution in [0.15, 0.2) is 0 Å². The van der Waals surface area contributed by atoms with Gasteiger partial charge in [-0.15, -0.1) is 23.2 Å². The second-order valence-electron chi connectivity index (χ2n) is 3.95. The topological polar surface area (TPSA) is 41.6 Å². The Labute approximate surface area is 122 Å². The van der Waals surface area contributed by atoms with E-state index in [1.807, 2.05) is 13.8 Å². The van der Waals surface area contributed by atoms with Gasteiger partial charge in [0.05, 0.1) is 0 Å². The molecule has 1 N–H and O–H groups in total. The van der Waals surface area contributed by atoms with Gasteiger partial charge in [-0.1, -0.05) is 20.3 Å². The summed E-state index contributed by atoms with van der Waals surface area (Å²) >= 11 is 11.2. The van der Waals surface area contributed by atoms with Crippen molar-refractivity contribution in [1.29, 1.82) is 0 Å². The van der Waals surface area contributed by atoms with Crippen molar-refractivity contribution in [3.05, 3.63) is 0 Å². The zero-order valence-electron chi connectivity index (χ0n) is 12.1. The van der Waals surface area contributed by atoms with Crippen molar-refractivity contribution in [2.75, 3.05) is 32.0 Å². The molecule has 0 radical (unpaired) electrons. The molecule has 0 aromatic heterocycles. The summed E-state index contributed by atoms with van der Waals surface area (Å²) in [4.78, 5) is 0. The number of nitrogens with zero attached hydrogens (tertiary/aromatic N) is 1. The van der Waals surface area contributed by atoms with Crippen LogP contribution in [0.25, 0.3) is 0 Å². The van der Waals surface area contributed by atoms with Crippen molar-refractivity contribution in [3.63, 3.8) is 0 Å². The maximum Gasteiger partial charge on any atom is 0.343 e. The minimum atomic E-state index is -2.99. The number of nitrogens with one attached hydrogen (secondary N) is 1. The summed E-state index contributed by atoms with van der Waals surface area (Å²) in [5.41, 5.74) is 0. The Morgan fingerprint density at radius 1 is 1.28 bits per heavy atom. The maximum absolute atomic E-state index is 12.3. The highest BCUT2D eigenvalue weighted by Gasteiger charge is 2.31. The average molecular weight is 321 g/mol. The van der Waals surface area contributed by atoms with Crippen molar-refractivity contribution in [2.24, 2.45) is 0 Å². The second-order valence-corrected chi connectivity index (χ2v) is 6.94. The third-order valence-corrected chi connectivity index (χ3v) is 4.72. The number of halogens is 2. The van der Waals surface area contributed by atoms with E-state index in [4.69, 9.17) is 27.7 Å². The van der Waals surface area contributed by atoms with Gasteiger partial charge in [0.2, 0.25) is 0 Å². The summed E-state index contributed by atoms with van der Waals surface area (Å²) in [6.45, 7) is 9.10. The van der Waals surface area contributed by atoms with Gasteiger partial charge in [-0.25, -0.2) is 9.76 Å². The molecule has 0 amide bonds. The first-order valence-corrected chi connectivity index (χ1v) is 8.87. The Kier molecular flexibility index (Phi) is 14.8. The van der Waals surface area contributed by atoms with Gasteiger partial charge in [0.1, 0.15) is 0 Å². The predicted octanol–water partition coefficient (Wildman–Crippen LogP) is 3.93. The van der Waals surface area contributed by atoms with Crippen LogP contribution in [0, 0.1) is 0 Å². The molecule has 1 atom stereocenters. The Morgan fingerprint density at radius 2 is 1.78 bits per heavy atom. The summed E-state index contributed by atoms with van der Waals surface area (Å²) in [6.07, 6.45) is 1.25. The molecule has 7 heteroatoms. The van der Waals surface area contributed by atoms with Gasteiger partial charge in [0.25, 0.3) is 0 Å². The van der Waals surface area contributed by atoms with E-state index < -0.39 is 7.67 Å². The van der Waals surface area contributed by atoms with Gasteiger partial charge in [0, 0.05) is 38.0 Å². The smallest absolute Gasteiger partial charge is 0.309 e. The fraction of sp³-hybridized carbons (Fsp3) is 1.00. The van der Waals surface area contributed by atoms with E-state index in [0.717, 1.165) is 0 Å². The summed E-state index contributed by atoms with van der Waals surface area (Å²) in [7, 11) is -1.56. The van der Waals surface area contributed by atoms with Crippen molar-refractivity contribution >= 4 is 30.9 Å². The molecule has 0 aliphatic rings. The van der Waals surface area contributed by atoms with E-state index in [1.54, 1.807) is 4.67 Å². The van der Waals surface area contributed by atoms with Crippen LogP contribution in [0.2, 0.25) is 0 Å². The minimum absolute atomic E-state index is 0.0948. The first-order chi connectivity index (χ1) is 8.43. The zero-order chi connectivity index (χ0) is 14.6. The lowest BCUT2D eigenvalue weighted by Gasteiger charge is -2.32. The molecule has 0 saturated carbocycles. The first kappa shape index (κ1) is 21.0. The zero-order valence-corrected chi connectivity index (χ0v) is 14.5. The molecule has 0 spiro atoms. The van der Waals surface area contributed by atoms with Gasteiger partial charge in [-0.2, -0.15) is 0 Å². The van der Waals surface area contributed by atoms with Crippen LogP contribution < -0.4 is 5.09 Å². The molecule has 4 nitrogen and oxygen atoms in total. The van der Waals surface area contributed by atoms with Gasteiger partial charge in [0.15, 0.2) is 0 Å². The van der Waals surface area contributed by atoms with Gasteiger partial charge < -0.3 is 4.52 Å². The van der Waals surface area contributed by atoms with E-state index in [0.29, 0.717) is 24.8 Å². The third kappa shape index (κ3) is 8.73. The van der Waals surface area contributed by atoms with Crippen molar-refractivity contribution < 1.29 is 9.09 Å². The number of rotatable bonds is 8. The lowest BCUT2D eigenvalue weighted by molar-refractivity contribution is 0.274. The summed E-state index contributed by atoms with van der Waals surface area (Å²) in [5.74, 6) is 0.800. The molecule has 18 heavy (non-hydrogen) atoms. The first-order valence-electron chi connectivity index (χ1n) is 6.23. The molecule has 0 rings (SSSR count). The number of hydrogen-bond acceptors (Lipinski definition) is 2. The molecule has 112 valence electrons. The Morgan fingerprint density at radius 3 is 2.06 bits per heavy atom. The summed E-state index contributed by atoms with van der Waals surface area (Å²) < 4.78 is 19.1. The fourth-order valence-corrected chi connectivity index (χ4v) is 3.64. The Balaban J connectivity index is 0. The quantitative estimate of drug-likeness (QED) is 0.543. The molecule has 0 aliphatic carbocycles. The predicted molar refractivity (Wildman–Crippen MR) is 81.9 cm³/mol. The molecule has 1 unspecified atom stereocenters. The van der Waals surface area contributed by atoms with E-state index in [-0.39, 0.29) is 6.04 Å². The van der Waals surface area contributed by atoms with Crippen molar-refractivity contribution in [1.82, 2.24) is 9.76 Å². The van der Waals surface area contributed by atoms with Gasteiger partial charge in [-0.05, 0) is 13.8 Å². The lowest BCUT2D eigenvalue weighted by Crippen LogP contribution is -2.36. The summed E-state index contributed by atoms with van der Waals surface area (Å²) in [6, 6.07) is 0.0948. The normalized spacial score (nSPS) is 14.3. The maximum atomic E-state index is 12.3.